The van der Waals surface area contributed by atoms with Crippen LogP contribution >= 0.6 is 0 Å². The summed E-state index contributed by atoms with van der Waals surface area (Å²) in [4.78, 5) is 4.49. The number of ether oxygens (including phenoxy) is 1. The smallest absolute Gasteiger partial charge is 0.240 e. The number of aliphatic imine (C=N–C) groups is 1. The van der Waals surface area contributed by atoms with Crippen LogP contribution in [0.15, 0.2) is 58.4 Å². The Balaban J connectivity index is 1.48. The molecular weight excluding hydrogens is 400 g/mol. The van der Waals surface area contributed by atoms with Gasteiger partial charge < -0.3 is 15.4 Å². The first-order valence-corrected chi connectivity index (χ1v) is 11.6. The number of aryl methyl sites for hydroxylation is 1. The molecule has 0 saturated carbocycles. The van der Waals surface area contributed by atoms with E-state index in [-0.39, 0.29) is 11.0 Å². The van der Waals surface area contributed by atoms with Gasteiger partial charge in [0, 0.05) is 33.3 Å². The van der Waals surface area contributed by atoms with Crippen LogP contribution in [0.1, 0.15) is 29.5 Å². The number of guanidine groups is 1. The Labute approximate surface area is 179 Å². The van der Waals surface area contributed by atoms with E-state index >= 15 is 0 Å². The van der Waals surface area contributed by atoms with Crippen molar-refractivity contribution in [3.8, 4) is 0 Å². The third-order valence-corrected chi connectivity index (χ3v) is 6.46. The van der Waals surface area contributed by atoms with Gasteiger partial charge in [-0.2, -0.15) is 0 Å². The van der Waals surface area contributed by atoms with E-state index in [4.69, 9.17) is 4.74 Å². The van der Waals surface area contributed by atoms with Crippen LogP contribution in [-0.4, -0.2) is 40.7 Å². The molecule has 1 saturated heterocycles. The van der Waals surface area contributed by atoms with Crippen LogP contribution in [0.4, 0.5) is 0 Å². The van der Waals surface area contributed by atoms with E-state index in [0.717, 1.165) is 18.4 Å². The number of hydrogen-bond donors (Lipinski definition) is 3. The molecule has 0 spiro atoms. The van der Waals surface area contributed by atoms with Gasteiger partial charge in [0.1, 0.15) is 0 Å². The maximum absolute atomic E-state index is 12.4. The Morgan fingerprint density at radius 1 is 1.03 bits per heavy atom. The van der Waals surface area contributed by atoms with E-state index in [1.807, 2.05) is 0 Å². The highest BCUT2D eigenvalue weighted by molar-refractivity contribution is 7.89. The zero-order valence-electron chi connectivity index (χ0n) is 17.5. The standard InChI is InChI=1S/C22H30N4O3S/c1-17-5-7-18(8-6-17)14-24-22(23-2)25-15-19-9-11-21(12-10-19)30(27,28)26-16-20-4-3-13-29-20/h5-12,20,26H,3-4,13-16H2,1-2H3,(H2,23,24,25). The van der Waals surface area contributed by atoms with Gasteiger partial charge in [0.15, 0.2) is 5.96 Å². The zero-order chi connectivity index (χ0) is 21.4. The molecule has 3 N–H and O–H groups in total. The van der Waals surface area contributed by atoms with E-state index in [1.165, 1.54) is 11.1 Å². The highest BCUT2D eigenvalue weighted by Crippen LogP contribution is 2.14. The number of sulfonamides is 1. The van der Waals surface area contributed by atoms with Crippen molar-refractivity contribution >= 4 is 16.0 Å². The first-order valence-electron chi connectivity index (χ1n) is 10.2. The fourth-order valence-electron chi connectivity index (χ4n) is 3.18. The molecule has 1 atom stereocenters. The van der Waals surface area contributed by atoms with Crippen LogP contribution in [0.2, 0.25) is 0 Å². The van der Waals surface area contributed by atoms with E-state index in [0.29, 0.717) is 32.2 Å². The van der Waals surface area contributed by atoms with Crippen molar-refractivity contribution in [1.29, 1.82) is 0 Å². The Bertz CT molecular complexity index is 935. The maximum atomic E-state index is 12.4. The van der Waals surface area contributed by atoms with Crippen molar-refractivity contribution in [2.75, 3.05) is 20.2 Å². The van der Waals surface area contributed by atoms with Crippen LogP contribution in [0, 0.1) is 6.92 Å². The second kappa shape index (κ2) is 10.6. The van der Waals surface area contributed by atoms with E-state index < -0.39 is 10.0 Å². The quantitative estimate of drug-likeness (QED) is 0.442. The summed E-state index contributed by atoms with van der Waals surface area (Å²) in [5.74, 6) is 0.686. The average molecular weight is 431 g/mol. The second-order valence-corrected chi connectivity index (χ2v) is 9.16. The van der Waals surface area contributed by atoms with E-state index in [9.17, 15) is 8.42 Å². The first kappa shape index (κ1) is 22.3. The molecule has 1 aliphatic heterocycles. The molecule has 0 amide bonds. The summed E-state index contributed by atoms with van der Waals surface area (Å²) in [7, 11) is -1.81. The molecule has 2 aromatic carbocycles. The fraction of sp³-hybridized carbons (Fsp3) is 0.409. The Morgan fingerprint density at radius 2 is 1.63 bits per heavy atom. The van der Waals surface area contributed by atoms with Gasteiger partial charge in [0.25, 0.3) is 0 Å². The zero-order valence-corrected chi connectivity index (χ0v) is 18.3. The molecule has 0 aromatic heterocycles. The summed E-state index contributed by atoms with van der Waals surface area (Å²) in [5.41, 5.74) is 3.37. The summed E-state index contributed by atoms with van der Waals surface area (Å²) in [6.45, 7) is 4.30. The van der Waals surface area contributed by atoms with Crippen molar-refractivity contribution in [1.82, 2.24) is 15.4 Å². The SMILES string of the molecule is CN=C(NCc1ccc(C)cc1)NCc1ccc(S(=O)(=O)NCC2CCCO2)cc1. The molecule has 7 nitrogen and oxygen atoms in total. The Hall–Kier alpha value is -2.42. The lowest BCUT2D eigenvalue weighted by atomic mass is 10.1. The normalized spacial score (nSPS) is 17.1. The summed E-state index contributed by atoms with van der Waals surface area (Å²) in [6.07, 6.45) is 1.85. The highest BCUT2D eigenvalue weighted by atomic mass is 32.2. The summed E-state index contributed by atoms with van der Waals surface area (Å²) in [6, 6.07) is 15.2. The molecule has 162 valence electrons. The van der Waals surface area contributed by atoms with Gasteiger partial charge in [-0.15, -0.1) is 0 Å². The van der Waals surface area contributed by atoms with Gasteiger partial charge in [-0.25, -0.2) is 13.1 Å². The topological polar surface area (TPSA) is 91.8 Å². The third-order valence-electron chi connectivity index (χ3n) is 5.02. The van der Waals surface area contributed by atoms with Gasteiger partial charge in [0.05, 0.1) is 11.0 Å². The van der Waals surface area contributed by atoms with Crippen LogP contribution in [0.25, 0.3) is 0 Å². The summed E-state index contributed by atoms with van der Waals surface area (Å²) in [5, 5.41) is 6.52. The van der Waals surface area contributed by atoms with Crippen LogP contribution in [0.3, 0.4) is 0 Å². The lowest BCUT2D eigenvalue weighted by molar-refractivity contribution is 0.114. The minimum Gasteiger partial charge on any atom is -0.377 e. The predicted molar refractivity (Wildman–Crippen MR) is 119 cm³/mol. The van der Waals surface area contributed by atoms with Gasteiger partial charge >= 0.3 is 0 Å². The van der Waals surface area contributed by atoms with Gasteiger partial charge in [-0.05, 0) is 43.0 Å². The molecule has 1 fully saturated rings. The number of hydrogen-bond acceptors (Lipinski definition) is 4. The van der Waals surface area contributed by atoms with Gasteiger partial charge in [0.2, 0.25) is 10.0 Å². The van der Waals surface area contributed by atoms with Crippen LogP contribution in [0.5, 0.6) is 0 Å². The molecule has 1 unspecified atom stereocenters. The van der Waals surface area contributed by atoms with E-state index in [2.05, 4.69) is 51.5 Å². The van der Waals surface area contributed by atoms with Crippen molar-refractivity contribution in [2.45, 2.75) is 43.9 Å². The molecule has 1 aliphatic rings. The molecular formula is C22H30N4O3S. The summed E-state index contributed by atoms with van der Waals surface area (Å²) < 4.78 is 33.0. The average Bonchev–Trinajstić information content (AvgIpc) is 3.28. The van der Waals surface area contributed by atoms with Crippen LogP contribution in [-0.2, 0) is 27.8 Å². The second-order valence-electron chi connectivity index (χ2n) is 7.40. The molecule has 0 bridgehead atoms. The van der Waals surface area contributed by atoms with Crippen molar-refractivity contribution < 1.29 is 13.2 Å². The molecule has 8 heteroatoms. The monoisotopic (exact) mass is 430 g/mol. The minimum atomic E-state index is -3.53. The molecule has 0 radical (unpaired) electrons. The molecule has 3 rings (SSSR count). The predicted octanol–water partition coefficient (Wildman–Crippen LogP) is 2.32. The van der Waals surface area contributed by atoms with Gasteiger partial charge in [-0.1, -0.05) is 42.0 Å². The lowest BCUT2D eigenvalue weighted by Gasteiger charge is -2.13. The fourth-order valence-corrected chi connectivity index (χ4v) is 4.24. The van der Waals surface area contributed by atoms with Crippen molar-refractivity contribution in [2.24, 2.45) is 4.99 Å². The summed E-state index contributed by atoms with van der Waals surface area (Å²) >= 11 is 0. The number of nitrogens with zero attached hydrogens (tertiary/aromatic N) is 1. The minimum absolute atomic E-state index is 0.0255. The Morgan fingerprint density at radius 3 is 2.17 bits per heavy atom. The number of nitrogens with one attached hydrogen (secondary N) is 3. The third kappa shape index (κ3) is 6.55. The highest BCUT2D eigenvalue weighted by Gasteiger charge is 2.20. The maximum Gasteiger partial charge on any atom is 0.240 e. The number of benzene rings is 2. The lowest BCUT2D eigenvalue weighted by Crippen LogP contribution is -2.36. The first-order chi connectivity index (χ1) is 14.5. The van der Waals surface area contributed by atoms with Crippen molar-refractivity contribution in [3.63, 3.8) is 0 Å². The molecule has 2 aromatic rings. The molecule has 1 heterocycles. The van der Waals surface area contributed by atoms with Crippen LogP contribution < -0.4 is 15.4 Å². The number of rotatable bonds is 8. The van der Waals surface area contributed by atoms with Crippen molar-refractivity contribution in [3.05, 3.63) is 65.2 Å². The van der Waals surface area contributed by atoms with Gasteiger partial charge in [-0.3, -0.25) is 4.99 Å². The molecule has 0 aliphatic carbocycles. The Kier molecular flexibility index (Phi) is 7.84. The van der Waals surface area contributed by atoms with E-state index in [1.54, 1.807) is 31.3 Å². The largest absolute Gasteiger partial charge is 0.377 e. The molecule has 30 heavy (non-hydrogen) atoms.